The summed E-state index contributed by atoms with van der Waals surface area (Å²) in [4.78, 5) is 18.1. The molecule has 178 valence electrons. The number of rotatable bonds is 6. The number of pyridine rings is 1. The van der Waals surface area contributed by atoms with Crippen molar-refractivity contribution in [1.82, 2.24) is 29.4 Å². The molecule has 1 aliphatic carbocycles. The van der Waals surface area contributed by atoms with Crippen LogP contribution in [-0.2, 0) is 7.05 Å². The second kappa shape index (κ2) is 7.90. The molecule has 3 aromatic rings. The van der Waals surface area contributed by atoms with E-state index in [9.17, 15) is 4.79 Å². The first-order chi connectivity index (χ1) is 15.7. The van der Waals surface area contributed by atoms with Crippen molar-refractivity contribution < 1.29 is 0 Å². The van der Waals surface area contributed by atoms with Crippen LogP contribution in [0.1, 0.15) is 52.0 Å². The Labute approximate surface area is 194 Å². The van der Waals surface area contributed by atoms with E-state index >= 15 is 0 Å². The van der Waals surface area contributed by atoms with Gasteiger partial charge in [0.05, 0.1) is 11.2 Å². The Morgan fingerprint density at radius 1 is 1.33 bits per heavy atom. The molecule has 2 fully saturated rings. The predicted molar refractivity (Wildman–Crippen MR) is 133 cm³/mol. The number of nitrogens with one attached hydrogen (secondary N) is 1. The maximum atomic E-state index is 13.4. The molecule has 2 aliphatic rings. The quantitative estimate of drug-likeness (QED) is 0.596. The molecule has 3 aromatic heterocycles. The molecule has 1 saturated heterocycles. The molecular formula is C24H36N8O. The highest BCUT2D eigenvalue weighted by Crippen LogP contribution is 2.48. The first-order valence-electron chi connectivity index (χ1n) is 12.0. The topological polar surface area (TPSA) is 101 Å². The minimum atomic E-state index is -0.0811. The van der Waals surface area contributed by atoms with Gasteiger partial charge in [-0.1, -0.05) is 13.3 Å². The zero-order valence-electron chi connectivity index (χ0n) is 20.4. The maximum Gasteiger partial charge on any atom is 0.264 e. The van der Waals surface area contributed by atoms with Crippen molar-refractivity contribution in [3.05, 3.63) is 22.6 Å². The van der Waals surface area contributed by atoms with E-state index in [0.717, 1.165) is 43.0 Å². The Balaban J connectivity index is 1.61. The fourth-order valence-electron chi connectivity index (χ4n) is 5.74. The van der Waals surface area contributed by atoms with E-state index in [4.69, 9.17) is 10.8 Å². The summed E-state index contributed by atoms with van der Waals surface area (Å²) >= 11 is 0. The van der Waals surface area contributed by atoms with Gasteiger partial charge in [0, 0.05) is 50.0 Å². The number of nitrogens with two attached hydrogens (primary N) is 1. The SMILES string of the molecule is CC(n1cc(-c2cc(N3CCCC3CN(C)C)n(C)n2)c2[nH]nc(N)c2c1=O)C1(C)CCC1. The Morgan fingerprint density at radius 3 is 2.76 bits per heavy atom. The van der Waals surface area contributed by atoms with Crippen molar-refractivity contribution in [2.75, 3.05) is 37.8 Å². The van der Waals surface area contributed by atoms with Crippen LogP contribution >= 0.6 is 0 Å². The third kappa shape index (κ3) is 3.53. The number of nitrogen functional groups attached to an aromatic ring is 1. The van der Waals surface area contributed by atoms with Crippen molar-refractivity contribution in [2.24, 2.45) is 12.5 Å². The first kappa shape index (κ1) is 22.0. The number of anilines is 2. The van der Waals surface area contributed by atoms with Crippen LogP contribution in [0.25, 0.3) is 22.2 Å². The predicted octanol–water partition coefficient (Wildman–Crippen LogP) is 2.99. The molecule has 2 unspecified atom stereocenters. The van der Waals surface area contributed by atoms with Gasteiger partial charge in [0.2, 0.25) is 0 Å². The molecule has 1 saturated carbocycles. The number of aryl methyl sites for hydroxylation is 1. The van der Waals surface area contributed by atoms with Crippen LogP contribution in [0.5, 0.6) is 0 Å². The van der Waals surface area contributed by atoms with Crippen LogP contribution in [-0.4, -0.2) is 62.7 Å². The Hall–Kier alpha value is -2.81. The number of H-pyrrole nitrogens is 1. The van der Waals surface area contributed by atoms with E-state index in [1.54, 1.807) is 0 Å². The van der Waals surface area contributed by atoms with Gasteiger partial charge in [0.1, 0.15) is 11.2 Å². The second-order valence-electron chi connectivity index (χ2n) is 10.6. The van der Waals surface area contributed by atoms with Crippen LogP contribution < -0.4 is 16.2 Å². The molecule has 5 rings (SSSR count). The highest BCUT2D eigenvalue weighted by Gasteiger charge is 2.39. The van der Waals surface area contributed by atoms with E-state index in [0.29, 0.717) is 16.9 Å². The number of hydrogen-bond acceptors (Lipinski definition) is 6. The van der Waals surface area contributed by atoms with Gasteiger partial charge in [-0.3, -0.25) is 14.6 Å². The molecule has 9 heteroatoms. The Bertz CT molecular complexity index is 1230. The minimum Gasteiger partial charge on any atom is -0.382 e. The third-order valence-electron chi connectivity index (χ3n) is 8.08. The van der Waals surface area contributed by atoms with Crippen molar-refractivity contribution in [3.8, 4) is 11.3 Å². The molecule has 0 radical (unpaired) electrons. The minimum absolute atomic E-state index is 0.0717. The molecule has 9 nitrogen and oxygen atoms in total. The van der Waals surface area contributed by atoms with E-state index in [2.05, 4.69) is 54.0 Å². The Kier molecular flexibility index (Phi) is 5.27. The van der Waals surface area contributed by atoms with Crippen LogP contribution in [0.15, 0.2) is 17.1 Å². The van der Waals surface area contributed by atoms with Crippen molar-refractivity contribution in [2.45, 2.75) is 58.0 Å². The van der Waals surface area contributed by atoms with Gasteiger partial charge >= 0.3 is 0 Å². The van der Waals surface area contributed by atoms with Crippen LogP contribution in [0, 0.1) is 5.41 Å². The number of aromatic amines is 1. The lowest BCUT2D eigenvalue weighted by Gasteiger charge is -2.44. The molecule has 0 bridgehead atoms. The maximum absolute atomic E-state index is 13.4. The molecular weight excluding hydrogens is 416 g/mol. The van der Waals surface area contributed by atoms with Crippen molar-refractivity contribution >= 4 is 22.5 Å². The van der Waals surface area contributed by atoms with Gasteiger partial charge in [-0.15, -0.1) is 0 Å². The number of nitrogens with zero attached hydrogens (tertiary/aromatic N) is 6. The lowest BCUT2D eigenvalue weighted by atomic mass is 9.66. The van der Waals surface area contributed by atoms with Crippen molar-refractivity contribution in [3.63, 3.8) is 0 Å². The molecule has 1 aliphatic heterocycles. The van der Waals surface area contributed by atoms with Gasteiger partial charge < -0.3 is 20.1 Å². The fraction of sp³-hybridized carbons (Fsp3) is 0.625. The summed E-state index contributed by atoms with van der Waals surface area (Å²) in [6, 6.07) is 2.69. The monoisotopic (exact) mass is 452 g/mol. The average molecular weight is 453 g/mol. The molecule has 0 spiro atoms. The summed E-state index contributed by atoms with van der Waals surface area (Å²) in [6.45, 7) is 6.46. The van der Waals surface area contributed by atoms with Gasteiger partial charge in [-0.25, -0.2) is 0 Å². The molecule has 2 atom stereocenters. The highest BCUT2D eigenvalue weighted by molar-refractivity contribution is 5.97. The standard InChI is InChI=1S/C24H36N8O/c1-15(24(2)9-7-10-24)32-14-17(21-20(23(32)33)22(25)27-26-21)18-12-19(30(5)28-18)31-11-6-8-16(31)13-29(3)4/h12,14-16H,6-11,13H2,1-5H3,(H3,25,26,27). The third-order valence-corrected chi connectivity index (χ3v) is 8.08. The normalized spacial score (nSPS) is 21.2. The zero-order valence-corrected chi connectivity index (χ0v) is 20.4. The number of aromatic nitrogens is 5. The summed E-state index contributed by atoms with van der Waals surface area (Å²) in [5.41, 5.74) is 8.56. The number of hydrogen-bond donors (Lipinski definition) is 2. The molecule has 0 aromatic carbocycles. The van der Waals surface area contributed by atoms with E-state index in [1.807, 2.05) is 22.5 Å². The molecule has 0 amide bonds. The second-order valence-corrected chi connectivity index (χ2v) is 10.6. The van der Waals surface area contributed by atoms with E-state index < -0.39 is 0 Å². The van der Waals surface area contributed by atoms with Gasteiger partial charge in [-0.2, -0.15) is 10.2 Å². The van der Waals surface area contributed by atoms with Crippen LogP contribution in [0.2, 0.25) is 0 Å². The van der Waals surface area contributed by atoms with Gasteiger partial charge in [0.25, 0.3) is 5.56 Å². The molecule has 3 N–H and O–H groups in total. The lowest BCUT2D eigenvalue weighted by Crippen LogP contribution is -2.38. The number of fused-ring (bicyclic) bond motifs is 1. The fourth-order valence-corrected chi connectivity index (χ4v) is 5.74. The zero-order chi connectivity index (χ0) is 23.5. The summed E-state index contributed by atoms with van der Waals surface area (Å²) in [7, 11) is 6.24. The Morgan fingerprint density at radius 2 is 2.09 bits per heavy atom. The molecule has 33 heavy (non-hydrogen) atoms. The van der Waals surface area contributed by atoms with Crippen LogP contribution in [0.3, 0.4) is 0 Å². The number of likely N-dealkylation sites (N-methyl/N-ethyl adjacent to an activating group) is 1. The largest absolute Gasteiger partial charge is 0.382 e. The van der Waals surface area contributed by atoms with Crippen molar-refractivity contribution in [1.29, 1.82) is 0 Å². The summed E-state index contributed by atoms with van der Waals surface area (Å²) < 4.78 is 3.82. The average Bonchev–Trinajstić information content (AvgIpc) is 3.45. The van der Waals surface area contributed by atoms with Gasteiger partial charge in [0.15, 0.2) is 5.82 Å². The smallest absolute Gasteiger partial charge is 0.264 e. The molecule has 4 heterocycles. The van der Waals surface area contributed by atoms with E-state index in [1.165, 1.54) is 19.3 Å². The highest BCUT2D eigenvalue weighted by atomic mass is 16.1. The summed E-state index contributed by atoms with van der Waals surface area (Å²) in [6.07, 6.45) is 7.80. The van der Waals surface area contributed by atoms with Gasteiger partial charge in [-0.05, 0) is 52.1 Å². The lowest BCUT2D eigenvalue weighted by molar-refractivity contribution is 0.0867. The van der Waals surface area contributed by atoms with E-state index in [-0.39, 0.29) is 22.8 Å². The summed E-state index contributed by atoms with van der Waals surface area (Å²) in [5.74, 6) is 1.35. The first-order valence-corrected chi connectivity index (χ1v) is 12.0. The summed E-state index contributed by atoms with van der Waals surface area (Å²) in [5, 5.41) is 12.5. The van der Waals surface area contributed by atoms with Crippen LogP contribution in [0.4, 0.5) is 11.6 Å².